The average molecular weight is 398 g/mol. The number of nitrogens with zero attached hydrogens (tertiary/aromatic N) is 1. The lowest BCUT2D eigenvalue weighted by Crippen LogP contribution is -2.30. The van der Waals surface area contributed by atoms with Crippen LogP contribution in [-0.4, -0.2) is 45.6 Å². The Kier molecular flexibility index (Phi) is 7.02. The van der Waals surface area contributed by atoms with Gasteiger partial charge in [0.2, 0.25) is 10.0 Å². The minimum Gasteiger partial charge on any atom is -0.492 e. The zero-order valence-electron chi connectivity index (χ0n) is 14.3. The van der Waals surface area contributed by atoms with E-state index in [1.807, 2.05) is 18.2 Å². The van der Waals surface area contributed by atoms with Crippen LogP contribution in [0.5, 0.6) is 5.75 Å². The molecule has 8 heteroatoms. The van der Waals surface area contributed by atoms with Gasteiger partial charge >= 0.3 is 0 Å². The molecule has 1 aliphatic rings. The van der Waals surface area contributed by atoms with Gasteiger partial charge in [-0.05, 0) is 29.8 Å². The van der Waals surface area contributed by atoms with Crippen LogP contribution in [0.2, 0.25) is 0 Å². The lowest BCUT2D eigenvalue weighted by Gasteiger charge is -2.16. The number of hydrogen-bond acceptors (Lipinski definition) is 5. The Morgan fingerprint density at radius 2 is 1.69 bits per heavy atom. The van der Waals surface area contributed by atoms with Crippen molar-refractivity contribution in [3.8, 4) is 5.75 Å². The van der Waals surface area contributed by atoms with Gasteiger partial charge in [0.25, 0.3) is 0 Å². The van der Waals surface area contributed by atoms with Gasteiger partial charge in [0.05, 0.1) is 4.90 Å². The van der Waals surface area contributed by atoms with Crippen molar-refractivity contribution in [2.75, 3.05) is 26.2 Å². The number of rotatable bonds is 6. The Labute approximate surface area is 160 Å². The van der Waals surface area contributed by atoms with Gasteiger partial charge in [-0.1, -0.05) is 30.3 Å². The van der Waals surface area contributed by atoms with Crippen molar-refractivity contribution in [3.05, 3.63) is 60.2 Å². The average Bonchev–Trinajstić information content (AvgIpc) is 2.96. The largest absolute Gasteiger partial charge is 0.492 e. The molecule has 0 spiro atoms. The molecule has 0 bridgehead atoms. The number of benzene rings is 2. The van der Waals surface area contributed by atoms with E-state index in [-0.39, 0.29) is 23.3 Å². The molecule has 1 saturated heterocycles. The van der Waals surface area contributed by atoms with Crippen LogP contribution in [0, 0.1) is 0 Å². The van der Waals surface area contributed by atoms with Gasteiger partial charge < -0.3 is 10.5 Å². The summed E-state index contributed by atoms with van der Waals surface area (Å²) in [4.78, 5) is 2.37. The fourth-order valence-electron chi connectivity index (χ4n) is 3.17. The number of primary sulfonamides is 1. The predicted molar refractivity (Wildman–Crippen MR) is 104 cm³/mol. The summed E-state index contributed by atoms with van der Waals surface area (Å²) in [5.74, 6) is 0.964. The van der Waals surface area contributed by atoms with Crippen LogP contribution >= 0.6 is 12.4 Å². The lowest BCUT2D eigenvalue weighted by molar-refractivity contribution is 0.235. The fraction of sp³-hybridized carbons (Fsp3) is 0.333. The van der Waals surface area contributed by atoms with Gasteiger partial charge in [-0.2, -0.15) is 0 Å². The summed E-state index contributed by atoms with van der Waals surface area (Å²) < 4.78 is 28.2. The highest BCUT2D eigenvalue weighted by Crippen LogP contribution is 2.26. The topological polar surface area (TPSA) is 98.6 Å². The van der Waals surface area contributed by atoms with E-state index in [0.717, 1.165) is 19.6 Å². The molecule has 2 aromatic carbocycles. The van der Waals surface area contributed by atoms with Crippen LogP contribution in [0.15, 0.2) is 59.5 Å². The first-order valence-corrected chi connectivity index (χ1v) is 9.76. The molecule has 1 aliphatic heterocycles. The molecular weight excluding hydrogens is 374 g/mol. The number of likely N-dealkylation sites (tertiary alicyclic amines) is 1. The third-order valence-corrected chi connectivity index (χ3v) is 5.43. The molecule has 0 saturated carbocycles. The molecule has 6 nitrogen and oxygen atoms in total. The van der Waals surface area contributed by atoms with Gasteiger partial charge in [0.15, 0.2) is 0 Å². The maximum atomic E-state index is 11.2. The van der Waals surface area contributed by atoms with Gasteiger partial charge in [0.1, 0.15) is 12.4 Å². The molecule has 1 fully saturated rings. The molecule has 2 aromatic rings. The summed E-state index contributed by atoms with van der Waals surface area (Å²) in [6.07, 6.45) is 0. The van der Waals surface area contributed by atoms with E-state index in [4.69, 9.17) is 15.6 Å². The van der Waals surface area contributed by atoms with Crippen molar-refractivity contribution in [2.45, 2.75) is 16.9 Å². The standard InChI is InChI=1S/C18H23N3O3S.ClH/c19-18-13-21(12-17(18)14-4-2-1-3-5-14)10-11-24-15-6-8-16(9-7-15)25(20,22)23;/h1-9,17-18H,10-13,19H2,(H2,20,22,23);1H/t17-,18+;/m0./s1. The van der Waals surface area contributed by atoms with Crippen LogP contribution in [-0.2, 0) is 10.0 Å². The molecule has 142 valence electrons. The van der Waals surface area contributed by atoms with Gasteiger partial charge in [-0.3, -0.25) is 4.90 Å². The quantitative estimate of drug-likeness (QED) is 0.770. The smallest absolute Gasteiger partial charge is 0.238 e. The molecule has 3 rings (SSSR count). The second kappa shape index (κ2) is 8.83. The SMILES string of the molecule is Cl.N[C@@H]1CN(CCOc2ccc(S(N)(=O)=O)cc2)C[C@H]1c1ccccc1. The zero-order valence-corrected chi connectivity index (χ0v) is 16.0. The monoisotopic (exact) mass is 397 g/mol. The third-order valence-electron chi connectivity index (χ3n) is 4.50. The van der Waals surface area contributed by atoms with E-state index in [1.54, 1.807) is 12.1 Å². The summed E-state index contributed by atoms with van der Waals surface area (Å²) in [6.45, 7) is 3.04. The first-order chi connectivity index (χ1) is 11.9. The minimum atomic E-state index is -3.67. The van der Waals surface area contributed by atoms with E-state index < -0.39 is 10.0 Å². The van der Waals surface area contributed by atoms with Crippen molar-refractivity contribution in [3.63, 3.8) is 0 Å². The number of nitrogens with two attached hydrogens (primary N) is 2. The Morgan fingerprint density at radius 1 is 1.04 bits per heavy atom. The molecule has 26 heavy (non-hydrogen) atoms. The molecule has 1 heterocycles. The van der Waals surface area contributed by atoms with Crippen LogP contribution in [0.3, 0.4) is 0 Å². The van der Waals surface area contributed by atoms with Crippen LogP contribution in [0.1, 0.15) is 11.5 Å². The van der Waals surface area contributed by atoms with Gasteiger partial charge in [-0.25, -0.2) is 13.6 Å². The predicted octanol–water partition coefficient (Wildman–Crippen LogP) is 1.56. The van der Waals surface area contributed by atoms with E-state index in [9.17, 15) is 8.42 Å². The molecule has 0 unspecified atom stereocenters. The Bertz CT molecular complexity index is 800. The number of halogens is 1. The van der Waals surface area contributed by atoms with E-state index in [2.05, 4.69) is 17.0 Å². The Balaban J connectivity index is 0.00000243. The summed E-state index contributed by atoms with van der Waals surface area (Å²) in [5, 5.41) is 5.08. The highest BCUT2D eigenvalue weighted by atomic mass is 35.5. The maximum Gasteiger partial charge on any atom is 0.238 e. The summed E-state index contributed by atoms with van der Waals surface area (Å²) in [6, 6.07) is 16.6. The molecule has 4 N–H and O–H groups in total. The Hall–Kier alpha value is -1.64. The summed E-state index contributed by atoms with van der Waals surface area (Å²) in [5.41, 5.74) is 7.57. The lowest BCUT2D eigenvalue weighted by atomic mass is 9.95. The van der Waals surface area contributed by atoms with Crippen molar-refractivity contribution in [1.82, 2.24) is 4.90 Å². The second-order valence-corrected chi connectivity index (χ2v) is 7.87. The highest BCUT2D eigenvalue weighted by molar-refractivity contribution is 7.89. The fourth-order valence-corrected chi connectivity index (χ4v) is 3.68. The number of sulfonamides is 1. The molecule has 0 amide bonds. The molecule has 0 aromatic heterocycles. The van der Waals surface area contributed by atoms with E-state index in [1.165, 1.54) is 17.7 Å². The first-order valence-electron chi connectivity index (χ1n) is 8.22. The minimum absolute atomic E-state index is 0. The van der Waals surface area contributed by atoms with E-state index >= 15 is 0 Å². The van der Waals surface area contributed by atoms with Gasteiger partial charge in [0, 0.05) is 31.6 Å². The van der Waals surface area contributed by atoms with Crippen molar-refractivity contribution >= 4 is 22.4 Å². The molecule has 0 aliphatic carbocycles. The third kappa shape index (κ3) is 5.18. The Morgan fingerprint density at radius 3 is 2.31 bits per heavy atom. The molecule has 2 atom stereocenters. The number of hydrogen-bond donors (Lipinski definition) is 2. The zero-order chi connectivity index (χ0) is 17.9. The van der Waals surface area contributed by atoms with Crippen LogP contribution in [0.25, 0.3) is 0 Å². The van der Waals surface area contributed by atoms with E-state index in [0.29, 0.717) is 18.3 Å². The molecule has 0 radical (unpaired) electrons. The second-order valence-electron chi connectivity index (χ2n) is 6.31. The summed E-state index contributed by atoms with van der Waals surface area (Å²) in [7, 11) is -3.67. The van der Waals surface area contributed by atoms with Gasteiger partial charge in [-0.15, -0.1) is 12.4 Å². The maximum absolute atomic E-state index is 11.2. The number of ether oxygens (including phenoxy) is 1. The van der Waals surface area contributed by atoms with Crippen molar-refractivity contribution in [1.29, 1.82) is 0 Å². The molecular formula is C18H24ClN3O3S. The van der Waals surface area contributed by atoms with Crippen molar-refractivity contribution < 1.29 is 13.2 Å². The normalized spacial score (nSPS) is 20.5. The van der Waals surface area contributed by atoms with Crippen LogP contribution < -0.4 is 15.6 Å². The summed E-state index contributed by atoms with van der Waals surface area (Å²) >= 11 is 0. The highest BCUT2D eigenvalue weighted by Gasteiger charge is 2.30. The first kappa shape index (κ1) is 20.7. The van der Waals surface area contributed by atoms with Crippen molar-refractivity contribution in [2.24, 2.45) is 10.9 Å². The van der Waals surface area contributed by atoms with Crippen LogP contribution in [0.4, 0.5) is 0 Å².